The molecule has 0 saturated carbocycles. The molecule has 1 amide bonds. The topological polar surface area (TPSA) is 38.3 Å². The molecule has 1 atom stereocenters. The molecule has 0 aromatic heterocycles. The van der Waals surface area contributed by atoms with Crippen LogP contribution in [0.2, 0.25) is 0 Å². The highest BCUT2D eigenvalue weighted by atomic mass is 16.5. The van der Waals surface area contributed by atoms with E-state index in [-0.39, 0.29) is 11.9 Å². The van der Waals surface area contributed by atoms with Crippen LogP contribution in [0.4, 0.5) is 0 Å². The zero-order valence-corrected chi connectivity index (χ0v) is 11.5. The number of hydrogen-bond donors (Lipinski definition) is 1. The first-order valence-electron chi connectivity index (χ1n) is 6.45. The Morgan fingerprint density at radius 3 is 2.89 bits per heavy atom. The predicted octanol–water partition coefficient (Wildman–Crippen LogP) is 2.47. The first-order chi connectivity index (χ1) is 8.61. The lowest BCUT2D eigenvalue weighted by Gasteiger charge is -2.14. The third-order valence-corrected chi connectivity index (χ3v) is 2.89. The summed E-state index contributed by atoms with van der Waals surface area (Å²) in [5.41, 5.74) is 2.61. The van der Waals surface area contributed by atoms with Crippen LogP contribution < -0.4 is 5.32 Å². The van der Waals surface area contributed by atoms with Crippen molar-refractivity contribution in [2.45, 2.75) is 39.2 Å². The smallest absolute Gasteiger partial charge is 0.222 e. The van der Waals surface area contributed by atoms with Crippen LogP contribution in [-0.2, 0) is 16.0 Å². The van der Waals surface area contributed by atoms with E-state index in [2.05, 4.69) is 36.5 Å². The van der Waals surface area contributed by atoms with Crippen LogP contribution in [0.3, 0.4) is 0 Å². The van der Waals surface area contributed by atoms with E-state index >= 15 is 0 Å². The van der Waals surface area contributed by atoms with Crippen molar-refractivity contribution in [1.29, 1.82) is 0 Å². The Bertz CT molecular complexity index is 377. The maximum absolute atomic E-state index is 11.5. The number of rotatable bonds is 7. The Labute approximate surface area is 110 Å². The quantitative estimate of drug-likeness (QED) is 0.806. The summed E-state index contributed by atoms with van der Waals surface area (Å²) >= 11 is 0. The fourth-order valence-electron chi connectivity index (χ4n) is 1.86. The van der Waals surface area contributed by atoms with E-state index in [1.807, 2.05) is 6.92 Å². The number of aryl methyl sites for hydroxylation is 2. The Kier molecular flexibility index (Phi) is 6.44. The van der Waals surface area contributed by atoms with Crippen LogP contribution in [-0.4, -0.2) is 25.7 Å². The molecule has 0 aliphatic rings. The molecule has 0 fully saturated rings. The predicted molar refractivity (Wildman–Crippen MR) is 73.6 cm³/mol. The van der Waals surface area contributed by atoms with Gasteiger partial charge in [-0.05, 0) is 32.3 Å². The maximum atomic E-state index is 11.5. The van der Waals surface area contributed by atoms with Gasteiger partial charge in [0, 0.05) is 19.6 Å². The molecule has 3 heteroatoms. The van der Waals surface area contributed by atoms with Crippen molar-refractivity contribution >= 4 is 5.91 Å². The van der Waals surface area contributed by atoms with Gasteiger partial charge in [0.25, 0.3) is 0 Å². The summed E-state index contributed by atoms with van der Waals surface area (Å²) in [7, 11) is 1.61. The van der Waals surface area contributed by atoms with Crippen molar-refractivity contribution < 1.29 is 9.53 Å². The Balaban J connectivity index is 2.28. The SMILES string of the molecule is COCCC(=O)N[C@H](C)CCc1cccc(C)c1. The van der Waals surface area contributed by atoms with Crippen molar-refractivity contribution in [3.05, 3.63) is 35.4 Å². The van der Waals surface area contributed by atoms with E-state index in [0.29, 0.717) is 13.0 Å². The first kappa shape index (κ1) is 14.7. The molecule has 3 nitrogen and oxygen atoms in total. The highest BCUT2D eigenvalue weighted by Gasteiger charge is 2.07. The molecule has 18 heavy (non-hydrogen) atoms. The molecule has 0 heterocycles. The second kappa shape index (κ2) is 7.88. The number of hydrogen-bond acceptors (Lipinski definition) is 2. The lowest BCUT2D eigenvalue weighted by atomic mass is 10.0. The van der Waals surface area contributed by atoms with Crippen LogP contribution in [0.25, 0.3) is 0 Å². The summed E-state index contributed by atoms with van der Waals surface area (Å²) in [4.78, 5) is 11.5. The molecule has 1 aromatic carbocycles. The number of ether oxygens (including phenoxy) is 1. The van der Waals surface area contributed by atoms with Gasteiger partial charge in [-0.15, -0.1) is 0 Å². The average molecular weight is 249 g/mol. The molecule has 0 spiro atoms. The van der Waals surface area contributed by atoms with Crippen molar-refractivity contribution in [3.63, 3.8) is 0 Å². The number of benzene rings is 1. The molecular weight excluding hydrogens is 226 g/mol. The lowest BCUT2D eigenvalue weighted by molar-refractivity contribution is -0.122. The maximum Gasteiger partial charge on any atom is 0.222 e. The summed E-state index contributed by atoms with van der Waals surface area (Å²) < 4.78 is 4.88. The highest BCUT2D eigenvalue weighted by molar-refractivity contribution is 5.76. The fraction of sp³-hybridized carbons (Fsp3) is 0.533. The summed E-state index contributed by atoms with van der Waals surface area (Å²) in [6, 6.07) is 8.70. The first-order valence-corrected chi connectivity index (χ1v) is 6.45. The lowest BCUT2D eigenvalue weighted by Crippen LogP contribution is -2.33. The molecule has 0 aliphatic heterocycles. The molecule has 0 saturated heterocycles. The number of carbonyl (C=O) groups excluding carboxylic acids is 1. The number of amides is 1. The highest BCUT2D eigenvalue weighted by Crippen LogP contribution is 2.08. The van der Waals surface area contributed by atoms with Gasteiger partial charge in [-0.1, -0.05) is 29.8 Å². The van der Waals surface area contributed by atoms with E-state index in [9.17, 15) is 4.79 Å². The molecular formula is C15H23NO2. The van der Waals surface area contributed by atoms with E-state index in [4.69, 9.17) is 4.74 Å². The summed E-state index contributed by atoms with van der Waals surface area (Å²) in [6.45, 7) is 4.62. The fourth-order valence-corrected chi connectivity index (χ4v) is 1.86. The minimum Gasteiger partial charge on any atom is -0.384 e. The molecule has 1 N–H and O–H groups in total. The van der Waals surface area contributed by atoms with Crippen LogP contribution in [0.5, 0.6) is 0 Å². The molecule has 0 aliphatic carbocycles. The molecule has 1 rings (SSSR count). The normalized spacial score (nSPS) is 12.2. The van der Waals surface area contributed by atoms with E-state index < -0.39 is 0 Å². The molecule has 0 unspecified atom stereocenters. The second-order valence-corrected chi connectivity index (χ2v) is 4.74. The van der Waals surface area contributed by atoms with Gasteiger partial charge < -0.3 is 10.1 Å². The number of carbonyl (C=O) groups is 1. The van der Waals surface area contributed by atoms with Gasteiger partial charge in [-0.25, -0.2) is 0 Å². The third kappa shape index (κ3) is 5.82. The molecule has 0 radical (unpaired) electrons. The van der Waals surface area contributed by atoms with E-state index in [0.717, 1.165) is 12.8 Å². The van der Waals surface area contributed by atoms with Gasteiger partial charge in [-0.2, -0.15) is 0 Å². The summed E-state index contributed by atoms with van der Waals surface area (Å²) in [5.74, 6) is 0.0635. The van der Waals surface area contributed by atoms with Gasteiger partial charge in [-0.3, -0.25) is 4.79 Å². The van der Waals surface area contributed by atoms with Gasteiger partial charge >= 0.3 is 0 Å². The van der Waals surface area contributed by atoms with E-state index in [1.165, 1.54) is 11.1 Å². The zero-order valence-electron chi connectivity index (χ0n) is 11.5. The minimum atomic E-state index is 0.0635. The van der Waals surface area contributed by atoms with Crippen LogP contribution >= 0.6 is 0 Å². The standard InChI is InChI=1S/C15H23NO2/c1-12-5-4-6-14(11-12)8-7-13(2)16-15(17)9-10-18-3/h4-6,11,13H,7-10H2,1-3H3,(H,16,17)/t13-/m1/s1. The van der Waals surface area contributed by atoms with Crippen molar-refractivity contribution in [1.82, 2.24) is 5.32 Å². The molecule has 0 bridgehead atoms. The van der Waals surface area contributed by atoms with Crippen LogP contribution in [0.1, 0.15) is 30.9 Å². The zero-order chi connectivity index (χ0) is 13.4. The van der Waals surface area contributed by atoms with Gasteiger partial charge in [0.1, 0.15) is 0 Å². The third-order valence-electron chi connectivity index (χ3n) is 2.89. The van der Waals surface area contributed by atoms with Crippen molar-refractivity contribution in [3.8, 4) is 0 Å². The second-order valence-electron chi connectivity index (χ2n) is 4.74. The summed E-state index contributed by atoms with van der Waals surface area (Å²) in [6.07, 6.45) is 2.39. The van der Waals surface area contributed by atoms with Crippen LogP contribution in [0.15, 0.2) is 24.3 Å². The van der Waals surface area contributed by atoms with Gasteiger partial charge in [0.2, 0.25) is 5.91 Å². The number of methoxy groups -OCH3 is 1. The Morgan fingerprint density at radius 2 is 2.22 bits per heavy atom. The van der Waals surface area contributed by atoms with E-state index in [1.54, 1.807) is 7.11 Å². The van der Waals surface area contributed by atoms with Crippen LogP contribution in [0, 0.1) is 6.92 Å². The van der Waals surface area contributed by atoms with Gasteiger partial charge in [0.15, 0.2) is 0 Å². The number of nitrogens with one attached hydrogen (secondary N) is 1. The Morgan fingerprint density at radius 1 is 1.44 bits per heavy atom. The average Bonchev–Trinajstić information content (AvgIpc) is 2.34. The molecule has 1 aromatic rings. The Hall–Kier alpha value is -1.35. The largest absolute Gasteiger partial charge is 0.384 e. The van der Waals surface area contributed by atoms with Crippen molar-refractivity contribution in [2.24, 2.45) is 0 Å². The summed E-state index contributed by atoms with van der Waals surface area (Å²) in [5, 5.41) is 2.98. The van der Waals surface area contributed by atoms with Gasteiger partial charge in [0.05, 0.1) is 6.61 Å². The van der Waals surface area contributed by atoms with Crippen molar-refractivity contribution in [2.75, 3.05) is 13.7 Å². The monoisotopic (exact) mass is 249 g/mol. The minimum absolute atomic E-state index is 0.0635. The molecule has 100 valence electrons.